The molecule has 2 aromatic carbocycles. The van der Waals surface area contributed by atoms with E-state index < -0.39 is 0 Å². The lowest BCUT2D eigenvalue weighted by Gasteiger charge is -2.34. The smallest absolute Gasteiger partial charge is 0.142 e. The van der Waals surface area contributed by atoms with E-state index in [1.807, 2.05) is 12.1 Å². The fraction of sp³-hybridized carbons (Fsp3) is 0.294. The van der Waals surface area contributed by atoms with Gasteiger partial charge in [0.15, 0.2) is 0 Å². The molecule has 0 bridgehead atoms. The molecule has 2 aromatic rings. The summed E-state index contributed by atoms with van der Waals surface area (Å²) in [4.78, 5) is 2.34. The molecule has 1 fully saturated rings. The molecule has 0 radical (unpaired) electrons. The van der Waals surface area contributed by atoms with Gasteiger partial charge in [0, 0.05) is 32.2 Å². The zero-order valence-electron chi connectivity index (χ0n) is 11.7. The molecule has 2 nitrogen and oxygen atoms in total. The van der Waals surface area contributed by atoms with Crippen molar-refractivity contribution in [1.29, 1.82) is 0 Å². The number of piperazine rings is 1. The summed E-state index contributed by atoms with van der Waals surface area (Å²) in [7, 11) is 0. The van der Waals surface area contributed by atoms with E-state index in [0.29, 0.717) is 6.04 Å². The summed E-state index contributed by atoms with van der Waals surface area (Å²) in [5, 5.41) is 3.72. The molecule has 1 saturated heterocycles. The van der Waals surface area contributed by atoms with E-state index in [9.17, 15) is 4.39 Å². The lowest BCUT2D eigenvalue weighted by atomic mass is 10.0. The van der Waals surface area contributed by atoms with E-state index in [0.717, 1.165) is 31.7 Å². The van der Waals surface area contributed by atoms with Gasteiger partial charge in [-0.15, -0.1) is 0 Å². The van der Waals surface area contributed by atoms with Gasteiger partial charge in [0.2, 0.25) is 0 Å². The lowest BCUT2D eigenvalue weighted by Crippen LogP contribution is -2.45. The van der Waals surface area contributed by atoms with Crippen LogP contribution in [0.2, 0.25) is 5.02 Å². The van der Waals surface area contributed by atoms with Crippen molar-refractivity contribution in [3.63, 3.8) is 0 Å². The van der Waals surface area contributed by atoms with E-state index in [2.05, 4.69) is 34.5 Å². The van der Waals surface area contributed by atoms with Crippen LogP contribution in [0.1, 0.15) is 17.2 Å². The first-order valence-corrected chi connectivity index (χ1v) is 7.55. The SMILES string of the molecule is Fc1cc(CN2CCNC(c3ccccc3)C2)ccc1Cl. The molecule has 1 atom stereocenters. The van der Waals surface area contributed by atoms with Crippen molar-refractivity contribution in [2.75, 3.05) is 19.6 Å². The van der Waals surface area contributed by atoms with E-state index in [1.54, 1.807) is 6.07 Å². The molecule has 1 aliphatic heterocycles. The van der Waals surface area contributed by atoms with Gasteiger partial charge in [-0.05, 0) is 23.3 Å². The maximum atomic E-state index is 13.5. The Morgan fingerprint density at radius 1 is 1.19 bits per heavy atom. The summed E-state index contributed by atoms with van der Waals surface area (Å²) in [5.41, 5.74) is 2.26. The molecule has 21 heavy (non-hydrogen) atoms. The van der Waals surface area contributed by atoms with Crippen LogP contribution in [-0.4, -0.2) is 24.5 Å². The molecule has 0 aliphatic carbocycles. The third-order valence-corrected chi connectivity index (χ3v) is 4.16. The van der Waals surface area contributed by atoms with Crippen LogP contribution in [0.3, 0.4) is 0 Å². The Hall–Kier alpha value is -1.42. The van der Waals surface area contributed by atoms with Crippen molar-refractivity contribution in [1.82, 2.24) is 10.2 Å². The summed E-state index contributed by atoms with van der Waals surface area (Å²) < 4.78 is 13.5. The summed E-state index contributed by atoms with van der Waals surface area (Å²) in [6, 6.07) is 15.8. The number of halogens is 2. The monoisotopic (exact) mass is 304 g/mol. The Labute approximate surface area is 129 Å². The molecular formula is C17H18ClFN2. The van der Waals surface area contributed by atoms with Crippen LogP contribution in [0.4, 0.5) is 4.39 Å². The van der Waals surface area contributed by atoms with Crippen LogP contribution < -0.4 is 5.32 Å². The molecule has 1 aliphatic rings. The maximum Gasteiger partial charge on any atom is 0.142 e. The number of benzene rings is 2. The summed E-state index contributed by atoms with van der Waals surface area (Å²) >= 11 is 5.73. The van der Waals surface area contributed by atoms with Crippen LogP contribution >= 0.6 is 11.6 Å². The van der Waals surface area contributed by atoms with E-state index in [-0.39, 0.29) is 10.8 Å². The first kappa shape index (κ1) is 14.5. The third kappa shape index (κ3) is 3.62. The Kier molecular flexibility index (Phi) is 4.54. The van der Waals surface area contributed by atoms with Gasteiger partial charge in [-0.3, -0.25) is 4.90 Å². The highest BCUT2D eigenvalue weighted by Gasteiger charge is 2.20. The minimum atomic E-state index is -0.344. The van der Waals surface area contributed by atoms with E-state index in [4.69, 9.17) is 11.6 Å². The molecule has 110 valence electrons. The van der Waals surface area contributed by atoms with Crippen molar-refractivity contribution < 1.29 is 4.39 Å². The van der Waals surface area contributed by atoms with Crippen molar-refractivity contribution in [3.8, 4) is 0 Å². The normalized spacial score (nSPS) is 19.6. The molecule has 0 amide bonds. The highest BCUT2D eigenvalue weighted by atomic mass is 35.5. The molecular weight excluding hydrogens is 287 g/mol. The molecule has 0 aromatic heterocycles. The number of rotatable bonds is 3. The number of hydrogen-bond acceptors (Lipinski definition) is 2. The zero-order chi connectivity index (χ0) is 14.7. The Morgan fingerprint density at radius 3 is 2.76 bits per heavy atom. The van der Waals surface area contributed by atoms with Crippen molar-refractivity contribution >= 4 is 11.6 Å². The van der Waals surface area contributed by atoms with Gasteiger partial charge >= 0.3 is 0 Å². The summed E-state index contributed by atoms with van der Waals surface area (Å²) in [6.45, 7) is 3.58. The van der Waals surface area contributed by atoms with E-state index >= 15 is 0 Å². The average Bonchev–Trinajstić information content (AvgIpc) is 2.52. The first-order chi connectivity index (χ1) is 10.2. The van der Waals surface area contributed by atoms with Crippen molar-refractivity contribution in [3.05, 3.63) is 70.5 Å². The average molecular weight is 305 g/mol. The van der Waals surface area contributed by atoms with Crippen molar-refractivity contribution in [2.45, 2.75) is 12.6 Å². The summed E-state index contributed by atoms with van der Waals surface area (Å²) in [6.07, 6.45) is 0. The topological polar surface area (TPSA) is 15.3 Å². The van der Waals surface area contributed by atoms with Crippen molar-refractivity contribution in [2.24, 2.45) is 0 Å². The molecule has 1 unspecified atom stereocenters. The number of hydrogen-bond donors (Lipinski definition) is 1. The second-order valence-corrected chi connectivity index (χ2v) is 5.81. The molecule has 1 heterocycles. The lowest BCUT2D eigenvalue weighted by molar-refractivity contribution is 0.193. The largest absolute Gasteiger partial charge is 0.308 e. The van der Waals surface area contributed by atoms with Crippen LogP contribution in [0.5, 0.6) is 0 Å². The van der Waals surface area contributed by atoms with Gasteiger partial charge in [0.05, 0.1) is 5.02 Å². The van der Waals surface area contributed by atoms with Crippen LogP contribution in [0, 0.1) is 5.82 Å². The molecule has 0 spiro atoms. The van der Waals surface area contributed by atoms with Gasteiger partial charge in [-0.25, -0.2) is 4.39 Å². The standard InChI is InChI=1S/C17H18ClFN2/c18-15-7-6-13(10-16(15)19)11-21-9-8-20-17(12-21)14-4-2-1-3-5-14/h1-7,10,17,20H,8-9,11-12H2. The van der Waals surface area contributed by atoms with Crippen LogP contribution in [-0.2, 0) is 6.54 Å². The highest BCUT2D eigenvalue weighted by molar-refractivity contribution is 6.30. The van der Waals surface area contributed by atoms with Crippen LogP contribution in [0.15, 0.2) is 48.5 Å². The minimum absolute atomic E-state index is 0.182. The predicted molar refractivity (Wildman–Crippen MR) is 83.9 cm³/mol. The third-order valence-electron chi connectivity index (χ3n) is 3.85. The fourth-order valence-electron chi connectivity index (χ4n) is 2.76. The Balaban J connectivity index is 1.67. The van der Waals surface area contributed by atoms with Gasteiger partial charge in [0.25, 0.3) is 0 Å². The fourth-order valence-corrected chi connectivity index (χ4v) is 2.88. The molecule has 0 saturated carbocycles. The quantitative estimate of drug-likeness (QED) is 0.931. The summed E-state index contributed by atoms with van der Waals surface area (Å²) in [5.74, 6) is -0.344. The van der Waals surface area contributed by atoms with Crippen LogP contribution in [0.25, 0.3) is 0 Å². The second kappa shape index (κ2) is 6.56. The first-order valence-electron chi connectivity index (χ1n) is 7.17. The zero-order valence-corrected chi connectivity index (χ0v) is 12.5. The van der Waals surface area contributed by atoms with Gasteiger partial charge in [-0.1, -0.05) is 48.0 Å². The maximum absolute atomic E-state index is 13.5. The Bertz CT molecular complexity index is 603. The predicted octanol–water partition coefficient (Wildman–Crippen LogP) is 3.63. The van der Waals surface area contributed by atoms with E-state index in [1.165, 1.54) is 11.6 Å². The molecule has 1 N–H and O–H groups in total. The highest BCUT2D eigenvalue weighted by Crippen LogP contribution is 2.20. The number of nitrogens with one attached hydrogen (secondary N) is 1. The second-order valence-electron chi connectivity index (χ2n) is 5.40. The van der Waals surface area contributed by atoms with Gasteiger partial charge < -0.3 is 5.32 Å². The molecule has 4 heteroatoms. The number of nitrogens with zero attached hydrogens (tertiary/aromatic N) is 1. The van der Waals surface area contributed by atoms with Gasteiger partial charge in [-0.2, -0.15) is 0 Å². The Morgan fingerprint density at radius 2 is 2.00 bits per heavy atom. The molecule has 3 rings (SSSR count). The van der Waals surface area contributed by atoms with Gasteiger partial charge in [0.1, 0.15) is 5.82 Å². The minimum Gasteiger partial charge on any atom is -0.308 e.